The Labute approximate surface area is 145 Å². The molecule has 0 saturated carbocycles. The van der Waals surface area contributed by atoms with Crippen molar-refractivity contribution < 1.29 is 9.76 Å². The Morgan fingerprint density at radius 2 is 1.96 bits per heavy atom. The van der Waals surface area contributed by atoms with Crippen molar-refractivity contribution in [1.82, 2.24) is 0 Å². The predicted molar refractivity (Wildman–Crippen MR) is 95.9 cm³/mol. The van der Waals surface area contributed by atoms with Gasteiger partial charge in [-0.3, -0.25) is 10.1 Å². The van der Waals surface area contributed by atoms with Crippen molar-refractivity contribution in [2.45, 2.75) is 31.4 Å². The summed E-state index contributed by atoms with van der Waals surface area (Å²) in [7, 11) is 2.01. The number of hydrogen-bond donors (Lipinski definition) is 0. The molecule has 2 aromatic carbocycles. The Bertz CT molecular complexity index is 906. The van der Waals surface area contributed by atoms with Gasteiger partial charge < -0.3 is 9.74 Å². The molecule has 2 aromatic rings. The van der Waals surface area contributed by atoms with E-state index < -0.39 is 10.6 Å². The molecular formula is C19H19N3O3. The predicted octanol–water partition coefficient (Wildman–Crippen LogP) is 3.84. The van der Waals surface area contributed by atoms with Crippen LogP contribution in [0.5, 0.6) is 0 Å². The number of likely N-dealkylation sites (N-methyl/N-ethyl adjacent to an activating group) is 1. The number of para-hydroxylation sites is 1. The van der Waals surface area contributed by atoms with Gasteiger partial charge in [-0.05, 0) is 25.5 Å². The standard InChI is InChI=1S/C19H19N3O3/c1-18(2)15-9-4-5-10-17(15)21(3)19(18)12-16(20-25-19)13-7-6-8-14(11-13)22(23)24/h4-11H,12H2,1-3H3. The normalized spacial score (nSPS) is 23.3. The van der Waals surface area contributed by atoms with E-state index in [-0.39, 0.29) is 11.1 Å². The molecule has 2 aliphatic heterocycles. The van der Waals surface area contributed by atoms with Gasteiger partial charge in [0, 0.05) is 30.4 Å². The molecule has 1 spiro atoms. The SMILES string of the molecule is CN1c2ccccc2C(C)(C)C12CC(c1cccc([N+](=O)[O-])c1)=NO2. The van der Waals surface area contributed by atoms with Crippen molar-refractivity contribution in [2.24, 2.45) is 5.16 Å². The number of oxime groups is 1. The number of nitro benzene ring substituents is 1. The molecule has 0 N–H and O–H groups in total. The number of anilines is 1. The molecule has 6 nitrogen and oxygen atoms in total. The van der Waals surface area contributed by atoms with Crippen LogP contribution in [0.3, 0.4) is 0 Å². The molecule has 0 bridgehead atoms. The van der Waals surface area contributed by atoms with E-state index in [1.807, 2.05) is 25.2 Å². The summed E-state index contributed by atoms with van der Waals surface area (Å²) in [4.78, 5) is 18.8. The van der Waals surface area contributed by atoms with Crippen molar-refractivity contribution in [3.63, 3.8) is 0 Å². The van der Waals surface area contributed by atoms with Gasteiger partial charge in [0.2, 0.25) is 5.72 Å². The number of nitrogens with zero attached hydrogens (tertiary/aromatic N) is 3. The molecule has 0 aromatic heterocycles. The van der Waals surface area contributed by atoms with E-state index in [1.165, 1.54) is 11.6 Å². The zero-order chi connectivity index (χ0) is 17.8. The van der Waals surface area contributed by atoms with Gasteiger partial charge in [-0.15, -0.1) is 0 Å². The van der Waals surface area contributed by atoms with E-state index in [0.717, 1.165) is 17.0 Å². The third-order valence-corrected chi connectivity index (χ3v) is 5.56. The molecule has 25 heavy (non-hydrogen) atoms. The minimum atomic E-state index is -0.628. The lowest BCUT2D eigenvalue weighted by molar-refractivity contribution is -0.384. The van der Waals surface area contributed by atoms with E-state index >= 15 is 0 Å². The quantitative estimate of drug-likeness (QED) is 0.617. The number of nitro groups is 1. The zero-order valence-corrected chi connectivity index (χ0v) is 14.4. The number of hydrogen-bond acceptors (Lipinski definition) is 5. The Morgan fingerprint density at radius 1 is 1.20 bits per heavy atom. The number of non-ortho nitro benzene ring substituents is 1. The van der Waals surface area contributed by atoms with Crippen LogP contribution in [-0.2, 0) is 10.3 Å². The molecule has 0 radical (unpaired) electrons. The number of benzene rings is 2. The highest BCUT2D eigenvalue weighted by Crippen LogP contribution is 2.55. The van der Waals surface area contributed by atoms with Gasteiger partial charge in [0.25, 0.3) is 5.69 Å². The Morgan fingerprint density at radius 3 is 2.68 bits per heavy atom. The summed E-state index contributed by atoms with van der Waals surface area (Å²) < 4.78 is 0. The fraction of sp³-hybridized carbons (Fsp3) is 0.316. The summed E-state index contributed by atoms with van der Waals surface area (Å²) in [5.74, 6) is 0. The molecule has 0 saturated heterocycles. The van der Waals surface area contributed by atoms with Crippen LogP contribution >= 0.6 is 0 Å². The van der Waals surface area contributed by atoms with Crippen LogP contribution in [0.25, 0.3) is 0 Å². The average Bonchev–Trinajstić information content (AvgIpc) is 3.13. The largest absolute Gasteiger partial charge is 0.366 e. The number of fused-ring (bicyclic) bond motifs is 1. The minimum Gasteiger partial charge on any atom is -0.366 e. The highest BCUT2D eigenvalue weighted by molar-refractivity contribution is 6.02. The maximum atomic E-state index is 11.0. The first kappa shape index (κ1) is 15.6. The van der Waals surface area contributed by atoms with Crippen molar-refractivity contribution in [2.75, 3.05) is 11.9 Å². The van der Waals surface area contributed by atoms with Crippen molar-refractivity contribution in [3.05, 3.63) is 69.8 Å². The van der Waals surface area contributed by atoms with Crippen molar-refractivity contribution in [1.29, 1.82) is 0 Å². The van der Waals surface area contributed by atoms with E-state index in [2.05, 4.69) is 36.0 Å². The Kier molecular flexibility index (Phi) is 3.16. The molecular weight excluding hydrogens is 318 g/mol. The van der Waals surface area contributed by atoms with Crippen molar-refractivity contribution >= 4 is 17.1 Å². The van der Waals surface area contributed by atoms with Gasteiger partial charge in [-0.1, -0.05) is 35.5 Å². The summed E-state index contributed by atoms with van der Waals surface area (Å²) in [5.41, 5.74) is 2.96. The fourth-order valence-electron chi connectivity index (χ4n) is 4.01. The topological polar surface area (TPSA) is 68.0 Å². The first-order valence-electron chi connectivity index (χ1n) is 8.20. The molecule has 1 atom stereocenters. The summed E-state index contributed by atoms with van der Waals surface area (Å²) >= 11 is 0. The molecule has 2 heterocycles. The van der Waals surface area contributed by atoms with Crippen molar-refractivity contribution in [3.8, 4) is 0 Å². The maximum Gasteiger partial charge on any atom is 0.270 e. The molecule has 6 heteroatoms. The minimum absolute atomic E-state index is 0.0588. The van der Waals surface area contributed by atoms with E-state index in [9.17, 15) is 10.1 Å². The fourth-order valence-corrected chi connectivity index (χ4v) is 4.01. The lowest BCUT2D eigenvalue weighted by Gasteiger charge is -2.40. The molecule has 4 rings (SSSR count). The van der Waals surface area contributed by atoms with Gasteiger partial charge in [0.15, 0.2) is 0 Å². The number of rotatable bonds is 2. The lowest BCUT2D eigenvalue weighted by Crippen LogP contribution is -2.54. The second-order valence-electron chi connectivity index (χ2n) is 7.10. The first-order valence-corrected chi connectivity index (χ1v) is 8.20. The summed E-state index contributed by atoms with van der Waals surface area (Å²) in [5, 5.41) is 15.4. The van der Waals surface area contributed by atoms with E-state index in [1.54, 1.807) is 12.1 Å². The van der Waals surface area contributed by atoms with Crippen LogP contribution in [0.2, 0.25) is 0 Å². The second-order valence-corrected chi connectivity index (χ2v) is 7.10. The Balaban J connectivity index is 1.72. The van der Waals surface area contributed by atoms with E-state index in [4.69, 9.17) is 4.84 Å². The summed E-state index contributed by atoms with van der Waals surface area (Å²) in [6.45, 7) is 4.31. The lowest BCUT2D eigenvalue weighted by atomic mass is 9.75. The van der Waals surface area contributed by atoms with Crippen LogP contribution < -0.4 is 4.90 Å². The van der Waals surface area contributed by atoms with Gasteiger partial charge >= 0.3 is 0 Å². The second kappa shape index (κ2) is 5.05. The van der Waals surface area contributed by atoms with E-state index in [0.29, 0.717) is 6.42 Å². The first-order chi connectivity index (χ1) is 11.9. The maximum absolute atomic E-state index is 11.0. The van der Waals surface area contributed by atoms with Gasteiger partial charge in [0.1, 0.15) is 0 Å². The van der Waals surface area contributed by atoms with Gasteiger partial charge in [0.05, 0.1) is 22.5 Å². The molecule has 0 amide bonds. The van der Waals surface area contributed by atoms with Crippen LogP contribution in [0, 0.1) is 10.1 Å². The Hall–Kier alpha value is -2.89. The van der Waals surface area contributed by atoms with Crippen LogP contribution in [0.1, 0.15) is 31.4 Å². The third-order valence-electron chi connectivity index (χ3n) is 5.56. The molecule has 0 aliphatic carbocycles. The van der Waals surface area contributed by atoms with Crippen LogP contribution in [-0.4, -0.2) is 23.4 Å². The smallest absolute Gasteiger partial charge is 0.270 e. The molecule has 128 valence electrons. The van der Waals surface area contributed by atoms with Gasteiger partial charge in [-0.2, -0.15) is 0 Å². The van der Waals surface area contributed by atoms with Crippen LogP contribution in [0.4, 0.5) is 11.4 Å². The zero-order valence-electron chi connectivity index (χ0n) is 14.4. The molecule has 0 fully saturated rings. The van der Waals surface area contributed by atoms with Gasteiger partial charge in [-0.25, -0.2) is 0 Å². The summed E-state index contributed by atoms with van der Waals surface area (Å²) in [6, 6.07) is 14.8. The highest BCUT2D eigenvalue weighted by Gasteiger charge is 2.61. The highest BCUT2D eigenvalue weighted by atomic mass is 16.7. The van der Waals surface area contributed by atoms with Crippen LogP contribution in [0.15, 0.2) is 53.7 Å². The molecule has 1 unspecified atom stereocenters. The monoisotopic (exact) mass is 337 g/mol. The average molecular weight is 337 g/mol. The summed E-state index contributed by atoms with van der Waals surface area (Å²) in [6.07, 6.45) is 0.562. The molecule has 2 aliphatic rings. The third kappa shape index (κ3) is 2.00.